The molecule has 0 spiro atoms. The van der Waals surface area contributed by atoms with E-state index in [0.29, 0.717) is 23.6 Å². The van der Waals surface area contributed by atoms with E-state index in [1.807, 2.05) is 13.0 Å². The molecular weight excluding hydrogens is 383 g/mol. The Kier molecular flexibility index (Phi) is 4.31. The van der Waals surface area contributed by atoms with Crippen LogP contribution < -0.4 is 4.74 Å². The van der Waals surface area contributed by atoms with Crippen molar-refractivity contribution in [3.63, 3.8) is 0 Å². The van der Waals surface area contributed by atoms with Gasteiger partial charge >= 0.3 is 0 Å². The highest BCUT2D eigenvalue weighted by atomic mass is 19.1. The van der Waals surface area contributed by atoms with Gasteiger partial charge in [-0.3, -0.25) is 0 Å². The molecule has 2 saturated carbocycles. The zero-order valence-electron chi connectivity index (χ0n) is 17.1. The van der Waals surface area contributed by atoms with Gasteiger partial charge in [-0.2, -0.15) is 0 Å². The fourth-order valence-corrected chi connectivity index (χ4v) is 5.28. The van der Waals surface area contributed by atoms with Gasteiger partial charge in [0.1, 0.15) is 18.0 Å². The summed E-state index contributed by atoms with van der Waals surface area (Å²) in [4.78, 5) is 4.01. The molecular formula is C23H25FN4O2. The van der Waals surface area contributed by atoms with Gasteiger partial charge < -0.3 is 14.4 Å². The van der Waals surface area contributed by atoms with E-state index < -0.39 is 12.3 Å². The van der Waals surface area contributed by atoms with E-state index >= 15 is 4.39 Å². The molecule has 6 nitrogen and oxygen atoms in total. The Balaban J connectivity index is 1.34. The number of phenols is 1. The van der Waals surface area contributed by atoms with E-state index in [-0.39, 0.29) is 16.6 Å². The van der Waals surface area contributed by atoms with Crippen LogP contribution in [0.3, 0.4) is 0 Å². The lowest BCUT2D eigenvalue weighted by molar-refractivity contribution is -0.0432. The van der Waals surface area contributed by atoms with Crippen LogP contribution in [-0.2, 0) is 0 Å². The minimum absolute atomic E-state index is 0.0951. The minimum Gasteiger partial charge on any atom is -0.507 e. The number of hydrogen-bond donors (Lipinski definition) is 1. The van der Waals surface area contributed by atoms with Gasteiger partial charge in [0.25, 0.3) is 0 Å². The fourth-order valence-electron chi connectivity index (χ4n) is 5.28. The zero-order valence-corrected chi connectivity index (χ0v) is 17.1. The third kappa shape index (κ3) is 3.22. The standard InChI is InChI=1S/C23H25FN4O2/c1-22-7-8-23(2,13-22)21(24)19(12-22)30-20-6-5-17(26-27-20)16-4-3-15(11-18(16)29)28-10-9-25-14-28/h3-6,9-11,14,19,21,29H,7-8,12-13H2,1-2H3/t19-,21-,22-,23-/m1/s1. The molecule has 2 aliphatic rings. The highest BCUT2D eigenvalue weighted by Crippen LogP contribution is 2.59. The Hall–Kier alpha value is -2.96. The van der Waals surface area contributed by atoms with Crippen LogP contribution in [0.5, 0.6) is 11.6 Å². The SMILES string of the molecule is C[C@]12CC[C@](C)(C1)[C@H](F)[C@H](Oc1ccc(-c3ccc(-n4ccnc4)cc3O)nn1)C2. The molecule has 0 radical (unpaired) electrons. The first-order valence-electron chi connectivity index (χ1n) is 10.3. The van der Waals surface area contributed by atoms with Crippen molar-refractivity contribution in [2.75, 3.05) is 0 Å². The number of halogens is 1. The van der Waals surface area contributed by atoms with E-state index in [0.717, 1.165) is 24.9 Å². The minimum atomic E-state index is -1.01. The topological polar surface area (TPSA) is 73.1 Å². The lowest BCUT2D eigenvalue weighted by Crippen LogP contribution is -2.46. The van der Waals surface area contributed by atoms with E-state index in [1.165, 1.54) is 0 Å². The number of fused-ring (bicyclic) bond motifs is 2. The average Bonchev–Trinajstić information content (AvgIpc) is 3.34. The van der Waals surface area contributed by atoms with Gasteiger partial charge in [-0.25, -0.2) is 9.37 Å². The maximum absolute atomic E-state index is 15.1. The summed E-state index contributed by atoms with van der Waals surface area (Å²) in [5.74, 6) is 0.409. The van der Waals surface area contributed by atoms with Crippen molar-refractivity contribution < 1.29 is 14.2 Å². The van der Waals surface area contributed by atoms with Crippen molar-refractivity contribution in [1.29, 1.82) is 0 Å². The van der Waals surface area contributed by atoms with E-state index in [4.69, 9.17) is 4.74 Å². The summed E-state index contributed by atoms with van der Waals surface area (Å²) in [6.07, 6.45) is 7.20. The number of aromatic hydroxyl groups is 1. The van der Waals surface area contributed by atoms with Crippen molar-refractivity contribution in [1.82, 2.24) is 19.7 Å². The molecule has 3 aromatic rings. The predicted molar refractivity (Wildman–Crippen MR) is 110 cm³/mol. The summed E-state index contributed by atoms with van der Waals surface area (Å²) < 4.78 is 22.9. The molecule has 2 aliphatic carbocycles. The summed E-state index contributed by atoms with van der Waals surface area (Å²) in [6.45, 7) is 4.26. The van der Waals surface area contributed by atoms with Crippen molar-refractivity contribution in [2.24, 2.45) is 10.8 Å². The Bertz CT molecular complexity index is 1060. The van der Waals surface area contributed by atoms with Gasteiger partial charge in [0.2, 0.25) is 5.88 Å². The highest BCUT2D eigenvalue weighted by molar-refractivity contribution is 5.68. The van der Waals surface area contributed by atoms with Crippen molar-refractivity contribution in [2.45, 2.75) is 51.8 Å². The maximum Gasteiger partial charge on any atom is 0.233 e. The van der Waals surface area contributed by atoms with Gasteiger partial charge in [0, 0.05) is 35.5 Å². The van der Waals surface area contributed by atoms with Crippen molar-refractivity contribution in [3.05, 3.63) is 49.1 Å². The molecule has 0 saturated heterocycles. The summed E-state index contributed by atoms with van der Waals surface area (Å²) in [5, 5.41) is 18.8. The molecule has 1 N–H and O–H groups in total. The molecule has 0 unspecified atom stereocenters. The molecule has 2 bridgehead atoms. The lowest BCUT2D eigenvalue weighted by Gasteiger charge is -2.42. The number of hydrogen-bond acceptors (Lipinski definition) is 5. The molecule has 2 fully saturated rings. The van der Waals surface area contributed by atoms with Crippen LogP contribution in [0.15, 0.2) is 49.1 Å². The van der Waals surface area contributed by atoms with Gasteiger partial charge in [-0.15, -0.1) is 10.2 Å². The molecule has 2 heterocycles. The Morgan fingerprint density at radius 3 is 2.73 bits per heavy atom. The molecule has 30 heavy (non-hydrogen) atoms. The first-order valence-corrected chi connectivity index (χ1v) is 10.3. The molecule has 0 aliphatic heterocycles. The largest absolute Gasteiger partial charge is 0.507 e. The smallest absolute Gasteiger partial charge is 0.233 e. The van der Waals surface area contributed by atoms with Crippen LogP contribution in [0.4, 0.5) is 4.39 Å². The van der Waals surface area contributed by atoms with Crippen molar-refractivity contribution >= 4 is 0 Å². The zero-order chi connectivity index (χ0) is 20.9. The van der Waals surface area contributed by atoms with E-state index in [9.17, 15) is 5.11 Å². The van der Waals surface area contributed by atoms with Crippen LogP contribution in [-0.4, -0.2) is 37.1 Å². The molecule has 4 atom stereocenters. The number of benzene rings is 1. The second-order valence-corrected chi connectivity index (χ2v) is 9.33. The van der Waals surface area contributed by atoms with Gasteiger partial charge in [0.15, 0.2) is 0 Å². The molecule has 156 valence electrons. The van der Waals surface area contributed by atoms with Gasteiger partial charge in [-0.1, -0.05) is 13.8 Å². The number of aromatic nitrogens is 4. The normalized spacial score (nSPS) is 30.4. The number of alkyl halides is 1. The molecule has 5 rings (SSSR count). The Morgan fingerprint density at radius 2 is 2.03 bits per heavy atom. The van der Waals surface area contributed by atoms with Crippen LogP contribution in [0.2, 0.25) is 0 Å². The monoisotopic (exact) mass is 408 g/mol. The summed E-state index contributed by atoms with van der Waals surface area (Å²) >= 11 is 0. The van der Waals surface area contributed by atoms with E-state index in [1.54, 1.807) is 47.6 Å². The molecule has 7 heteroatoms. The molecule has 2 aromatic heterocycles. The number of nitrogens with zero attached hydrogens (tertiary/aromatic N) is 4. The van der Waals surface area contributed by atoms with Crippen LogP contribution >= 0.6 is 0 Å². The number of phenolic OH excluding ortho intramolecular Hbond substituents is 1. The van der Waals surface area contributed by atoms with Crippen LogP contribution in [0, 0.1) is 10.8 Å². The first-order chi connectivity index (χ1) is 14.4. The number of ether oxygens (including phenoxy) is 1. The number of rotatable bonds is 4. The van der Waals surface area contributed by atoms with Crippen LogP contribution in [0.25, 0.3) is 16.9 Å². The quantitative estimate of drug-likeness (QED) is 0.676. The lowest BCUT2D eigenvalue weighted by atomic mass is 9.68. The average molecular weight is 408 g/mol. The summed E-state index contributed by atoms with van der Waals surface area (Å²) in [5.41, 5.74) is 1.71. The highest BCUT2D eigenvalue weighted by Gasteiger charge is 2.56. The van der Waals surface area contributed by atoms with Gasteiger partial charge in [-0.05, 0) is 49.3 Å². The van der Waals surface area contributed by atoms with Gasteiger partial charge in [0.05, 0.1) is 17.7 Å². The summed E-state index contributed by atoms with van der Waals surface area (Å²) in [6, 6.07) is 8.74. The Labute approximate surface area is 174 Å². The fraction of sp³-hybridized carbons (Fsp3) is 0.435. The van der Waals surface area contributed by atoms with Crippen LogP contribution in [0.1, 0.15) is 39.5 Å². The predicted octanol–water partition coefficient (Wildman–Crippen LogP) is 4.72. The third-order valence-electron chi connectivity index (χ3n) is 6.79. The Morgan fingerprint density at radius 1 is 1.17 bits per heavy atom. The molecule has 1 aromatic carbocycles. The second kappa shape index (κ2) is 6.79. The molecule has 0 amide bonds. The maximum atomic E-state index is 15.1. The second-order valence-electron chi connectivity index (χ2n) is 9.33. The first kappa shape index (κ1) is 19.0. The van der Waals surface area contributed by atoms with Crippen molar-refractivity contribution in [3.8, 4) is 28.6 Å². The summed E-state index contributed by atoms with van der Waals surface area (Å²) in [7, 11) is 0. The third-order valence-corrected chi connectivity index (χ3v) is 6.79. The number of imidazole rings is 1. The van der Waals surface area contributed by atoms with E-state index in [2.05, 4.69) is 22.1 Å².